The molecule has 0 bridgehead atoms. The van der Waals surface area contributed by atoms with Crippen molar-refractivity contribution in [3.8, 4) is 0 Å². The molecule has 0 aliphatic heterocycles. The normalized spacial score (nSPS) is 12.5. The van der Waals surface area contributed by atoms with Crippen LogP contribution >= 0.6 is 31.9 Å². The summed E-state index contributed by atoms with van der Waals surface area (Å²) in [5, 5.41) is 10.1. The summed E-state index contributed by atoms with van der Waals surface area (Å²) in [6, 6.07) is 8.12. The molecule has 1 nitrogen and oxygen atoms in total. The Morgan fingerprint density at radius 2 is 1.44 bits per heavy atom. The van der Waals surface area contributed by atoms with Gasteiger partial charge in [-0.1, -0.05) is 6.07 Å². The molecule has 2 aromatic carbocycles. The van der Waals surface area contributed by atoms with Gasteiger partial charge in [0.1, 0.15) is 17.7 Å². The second-order valence-electron chi connectivity index (χ2n) is 3.78. The van der Waals surface area contributed by atoms with E-state index in [0.29, 0.717) is 5.56 Å². The second-order valence-corrected chi connectivity index (χ2v) is 5.49. The van der Waals surface area contributed by atoms with Crippen LogP contribution in [0.5, 0.6) is 0 Å². The topological polar surface area (TPSA) is 20.2 Å². The molecule has 5 heteroatoms. The van der Waals surface area contributed by atoms with E-state index in [1.165, 1.54) is 0 Å². The third kappa shape index (κ3) is 2.96. The van der Waals surface area contributed by atoms with Crippen LogP contribution < -0.4 is 0 Å². The standard InChI is InChI=1S/C13H8Br2F2O/c14-11-2-1-7(5-12(11)15)13(18)8-3-9(16)6-10(17)4-8/h1-6,13,18H. The Morgan fingerprint density at radius 1 is 0.833 bits per heavy atom. The Bertz CT molecular complexity index is 567. The van der Waals surface area contributed by atoms with Gasteiger partial charge in [-0.3, -0.25) is 0 Å². The Kier molecular flexibility index (Phi) is 4.14. The molecule has 18 heavy (non-hydrogen) atoms. The maximum atomic E-state index is 13.1. The minimum Gasteiger partial charge on any atom is -0.384 e. The van der Waals surface area contributed by atoms with Gasteiger partial charge in [-0.2, -0.15) is 0 Å². The average molecular weight is 378 g/mol. The zero-order valence-corrected chi connectivity index (χ0v) is 12.2. The highest BCUT2D eigenvalue weighted by Crippen LogP contribution is 2.29. The predicted molar refractivity (Wildman–Crippen MR) is 72.3 cm³/mol. The molecule has 0 aliphatic carbocycles. The third-order valence-corrected chi connectivity index (χ3v) is 4.34. The number of hydrogen-bond acceptors (Lipinski definition) is 1. The van der Waals surface area contributed by atoms with Crippen LogP contribution in [0.25, 0.3) is 0 Å². The highest BCUT2D eigenvalue weighted by molar-refractivity contribution is 9.13. The van der Waals surface area contributed by atoms with Crippen molar-refractivity contribution in [3.05, 3.63) is 68.1 Å². The van der Waals surface area contributed by atoms with Crippen molar-refractivity contribution in [2.24, 2.45) is 0 Å². The SMILES string of the molecule is OC(c1cc(F)cc(F)c1)c1ccc(Br)c(Br)c1. The molecule has 0 spiro atoms. The first-order valence-electron chi connectivity index (χ1n) is 5.06. The smallest absolute Gasteiger partial charge is 0.126 e. The second kappa shape index (κ2) is 5.47. The molecule has 2 rings (SSSR count). The first kappa shape index (κ1) is 13.6. The zero-order chi connectivity index (χ0) is 13.3. The van der Waals surface area contributed by atoms with Crippen molar-refractivity contribution in [1.29, 1.82) is 0 Å². The average Bonchev–Trinajstić information content (AvgIpc) is 2.30. The summed E-state index contributed by atoms with van der Waals surface area (Å²) in [6.45, 7) is 0. The molecule has 0 aliphatic rings. The van der Waals surface area contributed by atoms with Gasteiger partial charge in [-0.25, -0.2) is 8.78 Å². The number of rotatable bonds is 2. The maximum Gasteiger partial charge on any atom is 0.126 e. The molecule has 0 amide bonds. The van der Waals surface area contributed by atoms with Gasteiger partial charge < -0.3 is 5.11 Å². The van der Waals surface area contributed by atoms with E-state index in [1.807, 2.05) is 0 Å². The lowest BCUT2D eigenvalue weighted by molar-refractivity contribution is 0.219. The summed E-state index contributed by atoms with van der Waals surface area (Å²) in [6.07, 6.45) is -1.07. The first-order chi connectivity index (χ1) is 8.47. The summed E-state index contributed by atoms with van der Waals surface area (Å²) in [4.78, 5) is 0. The van der Waals surface area contributed by atoms with E-state index in [0.717, 1.165) is 27.1 Å². The van der Waals surface area contributed by atoms with E-state index in [9.17, 15) is 13.9 Å². The molecule has 0 saturated heterocycles. The largest absolute Gasteiger partial charge is 0.384 e. The summed E-state index contributed by atoms with van der Waals surface area (Å²) in [5.41, 5.74) is 0.733. The number of aliphatic hydroxyl groups is 1. The molecule has 1 atom stereocenters. The van der Waals surface area contributed by atoms with Crippen LogP contribution in [0.15, 0.2) is 45.3 Å². The van der Waals surface area contributed by atoms with Crippen molar-refractivity contribution in [1.82, 2.24) is 0 Å². The van der Waals surface area contributed by atoms with Crippen molar-refractivity contribution in [3.63, 3.8) is 0 Å². The molecule has 1 N–H and O–H groups in total. The number of aliphatic hydroxyl groups excluding tert-OH is 1. The van der Waals surface area contributed by atoms with Gasteiger partial charge >= 0.3 is 0 Å². The Morgan fingerprint density at radius 3 is 2.00 bits per heavy atom. The molecule has 94 valence electrons. The minimum atomic E-state index is -1.07. The summed E-state index contributed by atoms with van der Waals surface area (Å²) in [5.74, 6) is -1.42. The van der Waals surface area contributed by atoms with E-state index < -0.39 is 17.7 Å². The van der Waals surface area contributed by atoms with Crippen LogP contribution in [0.1, 0.15) is 17.2 Å². The van der Waals surface area contributed by atoms with Crippen molar-refractivity contribution >= 4 is 31.9 Å². The number of halogens is 4. The quantitative estimate of drug-likeness (QED) is 0.812. The first-order valence-corrected chi connectivity index (χ1v) is 6.65. The fraction of sp³-hybridized carbons (Fsp3) is 0.0769. The van der Waals surface area contributed by atoms with Crippen molar-refractivity contribution in [2.75, 3.05) is 0 Å². The fourth-order valence-electron chi connectivity index (χ4n) is 1.61. The van der Waals surface area contributed by atoms with Crippen LogP contribution in [0.2, 0.25) is 0 Å². The summed E-state index contributed by atoms with van der Waals surface area (Å²) in [7, 11) is 0. The van der Waals surface area contributed by atoms with Gasteiger partial charge in [-0.05, 0) is 67.3 Å². The van der Waals surface area contributed by atoms with E-state index in [4.69, 9.17) is 0 Å². The van der Waals surface area contributed by atoms with Gasteiger partial charge in [0.05, 0.1) is 0 Å². The van der Waals surface area contributed by atoms with Crippen molar-refractivity contribution in [2.45, 2.75) is 6.10 Å². The maximum absolute atomic E-state index is 13.1. The number of benzene rings is 2. The van der Waals surface area contributed by atoms with Crippen LogP contribution in [0, 0.1) is 11.6 Å². The van der Waals surface area contributed by atoms with Gasteiger partial charge in [0.2, 0.25) is 0 Å². The van der Waals surface area contributed by atoms with Gasteiger partial charge in [0.25, 0.3) is 0 Å². The molecule has 0 heterocycles. The highest BCUT2D eigenvalue weighted by atomic mass is 79.9. The Balaban J connectivity index is 2.40. The molecule has 0 fully saturated rings. The van der Waals surface area contributed by atoms with E-state index in [2.05, 4.69) is 31.9 Å². The Hall–Kier alpha value is -0.780. The summed E-state index contributed by atoms with van der Waals surface area (Å²) >= 11 is 6.62. The molecule has 0 saturated carbocycles. The highest BCUT2D eigenvalue weighted by Gasteiger charge is 2.13. The lowest BCUT2D eigenvalue weighted by atomic mass is 10.0. The van der Waals surface area contributed by atoms with Crippen molar-refractivity contribution < 1.29 is 13.9 Å². The van der Waals surface area contributed by atoms with E-state index in [1.54, 1.807) is 18.2 Å². The molecule has 0 radical (unpaired) electrons. The molecular weight excluding hydrogens is 370 g/mol. The van der Waals surface area contributed by atoms with Gasteiger partial charge in [0.15, 0.2) is 0 Å². The summed E-state index contributed by atoms with van der Waals surface area (Å²) < 4.78 is 27.8. The van der Waals surface area contributed by atoms with Gasteiger partial charge in [-0.15, -0.1) is 0 Å². The predicted octanol–water partition coefficient (Wildman–Crippen LogP) is 4.57. The van der Waals surface area contributed by atoms with Crippen LogP contribution in [0.3, 0.4) is 0 Å². The minimum absolute atomic E-state index is 0.182. The van der Waals surface area contributed by atoms with E-state index >= 15 is 0 Å². The third-order valence-electron chi connectivity index (χ3n) is 2.46. The van der Waals surface area contributed by atoms with Crippen LogP contribution in [0.4, 0.5) is 8.78 Å². The zero-order valence-electron chi connectivity index (χ0n) is 9.00. The van der Waals surface area contributed by atoms with E-state index in [-0.39, 0.29) is 5.56 Å². The molecule has 1 unspecified atom stereocenters. The molecule has 0 aromatic heterocycles. The fourth-order valence-corrected chi connectivity index (χ4v) is 2.25. The molecule has 2 aromatic rings. The van der Waals surface area contributed by atoms with Gasteiger partial charge in [0, 0.05) is 15.0 Å². The van der Waals surface area contributed by atoms with Crippen LogP contribution in [-0.4, -0.2) is 5.11 Å². The lowest BCUT2D eigenvalue weighted by Crippen LogP contribution is -2.01. The molecular formula is C13H8Br2F2O. The lowest BCUT2D eigenvalue weighted by Gasteiger charge is -2.12. The number of hydrogen-bond donors (Lipinski definition) is 1. The Labute approximate surface area is 120 Å². The monoisotopic (exact) mass is 376 g/mol. The van der Waals surface area contributed by atoms with Crippen LogP contribution in [-0.2, 0) is 0 Å².